The van der Waals surface area contributed by atoms with Crippen molar-refractivity contribution < 1.29 is 14.3 Å². The van der Waals surface area contributed by atoms with Crippen molar-refractivity contribution in [3.8, 4) is 0 Å². The molecule has 23 heavy (non-hydrogen) atoms. The lowest BCUT2D eigenvalue weighted by Gasteiger charge is -2.13. The van der Waals surface area contributed by atoms with Crippen molar-refractivity contribution in [1.29, 1.82) is 0 Å². The molecule has 1 aliphatic rings. The molecule has 0 atom stereocenters. The molecular formula is C18H14ClNO3. The van der Waals surface area contributed by atoms with Gasteiger partial charge in [-0.2, -0.15) is 0 Å². The maximum Gasteiger partial charge on any atom is 0.340 e. The first-order valence-corrected chi connectivity index (χ1v) is 7.58. The van der Waals surface area contributed by atoms with E-state index in [-0.39, 0.29) is 18.1 Å². The van der Waals surface area contributed by atoms with Crippen LogP contribution in [0, 0.1) is 0 Å². The van der Waals surface area contributed by atoms with Crippen LogP contribution in [0.4, 0.5) is 0 Å². The molecular weight excluding hydrogens is 314 g/mol. The quantitative estimate of drug-likeness (QED) is 0.693. The van der Waals surface area contributed by atoms with Gasteiger partial charge in [0.2, 0.25) is 0 Å². The molecule has 0 unspecified atom stereocenters. The summed E-state index contributed by atoms with van der Waals surface area (Å²) < 4.78 is 5.17. The summed E-state index contributed by atoms with van der Waals surface area (Å²) in [6, 6.07) is 14.1. The smallest absolute Gasteiger partial charge is 0.340 e. The average molecular weight is 328 g/mol. The fourth-order valence-electron chi connectivity index (χ4n) is 2.56. The van der Waals surface area contributed by atoms with E-state index < -0.39 is 5.97 Å². The van der Waals surface area contributed by atoms with Gasteiger partial charge in [-0.1, -0.05) is 48.0 Å². The van der Waals surface area contributed by atoms with E-state index in [1.165, 1.54) is 0 Å². The van der Waals surface area contributed by atoms with Crippen LogP contribution >= 0.6 is 11.6 Å². The number of fused-ring (bicyclic) bond motifs is 1. The van der Waals surface area contributed by atoms with Crippen molar-refractivity contribution in [2.24, 2.45) is 0 Å². The minimum Gasteiger partial charge on any atom is -0.462 e. The molecule has 1 N–H and O–H groups in total. The third-order valence-corrected chi connectivity index (χ3v) is 3.88. The number of rotatable bonds is 3. The van der Waals surface area contributed by atoms with Gasteiger partial charge in [-0.3, -0.25) is 4.79 Å². The van der Waals surface area contributed by atoms with Crippen LogP contribution in [0.5, 0.6) is 0 Å². The van der Waals surface area contributed by atoms with Gasteiger partial charge >= 0.3 is 5.97 Å². The largest absolute Gasteiger partial charge is 0.462 e. The molecule has 4 nitrogen and oxygen atoms in total. The summed E-state index contributed by atoms with van der Waals surface area (Å²) in [4.78, 5) is 24.7. The normalized spacial score (nSPS) is 15.0. The number of halogens is 1. The molecule has 0 aliphatic carbocycles. The van der Waals surface area contributed by atoms with Gasteiger partial charge in [-0.05, 0) is 19.1 Å². The Morgan fingerprint density at radius 1 is 1.09 bits per heavy atom. The number of ether oxygens (including phenoxy) is 1. The summed E-state index contributed by atoms with van der Waals surface area (Å²) in [5, 5.41) is 3.18. The Morgan fingerprint density at radius 2 is 1.74 bits per heavy atom. The van der Waals surface area contributed by atoms with Crippen LogP contribution in [0.15, 0.2) is 48.5 Å². The molecule has 5 heteroatoms. The summed E-state index contributed by atoms with van der Waals surface area (Å²) in [5.74, 6) is -0.767. The Bertz CT molecular complexity index is 827. The highest BCUT2D eigenvalue weighted by atomic mass is 35.5. The van der Waals surface area contributed by atoms with Crippen LogP contribution in [-0.2, 0) is 9.53 Å². The Kier molecular flexibility index (Phi) is 4.17. The third-order valence-electron chi connectivity index (χ3n) is 3.55. The van der Waals surface area contributed by atoms with Gasteiger partial charge in [0.25, 0.3) is 5.91 Å². The van der Waals surface area contributed by atoms with E-state index >= 15 is 0 Å². The predicted octanol–water partition coefficient (Wildman–Crippen LogP) is 3.51. The number of nitrogens with one attached hydrogen (secondary N) is 1. The summed E-state index contributed by atoms with van der Waals surface area (Å²) in [6.45, 7) is 1.96. The highest BCUT2D eigenvalue weighted by Gasteiger charge is 2.30. The van der Waals surface area contributed by atoms with Gasteiger partial charge < -0.3 is 10.1 Å². The fourth-order valence-corrected chi connectivity index (χ4v) is 2.79. The Labute approximate surface area is 138 Å². The third kappa shape index (κ3) is 2.73. The predicted molar refractivity (Wildman–Crippen MR) is 88.8 cm³/mol. The first-order chi connectivity index (χ1) is 11.1. The zero-order chi connectivity index (χ0) is 16.4. The molecule has 2 aromatic rings. The van der Waals surface area contributed by atoms with Crippen LogP contribution in [0.3, 0.4) is 0 Å². The monoisotopic (exact) mass is 327 g/mol. The van der Waals surface area contributed by atoms with Gasteiger partial charge in [-0.15, -0.1) is 0 Å². The minimum absolute atomic E-state index is 0.232. The molecule has 0 saturated carbocycles. The first-order valence-electron chi connectivity index (χ1n) is 7.20. The number of hydrogen-bond acceptors (Lipinski definition) is 3. The number of hydrogen-bond donors (Lipinski definition) is 1. The second-order valence-corrected chi connectivity index (χ2v) is 5.36. The van der Waals surface area contributed by atoms with Crippen LogP contribution < -0.4 is 5.32 Å². The van der Waals surface area contributed by atoms with Crippen molar-refractivity contribution in [1.82, 2.24) is 5.32 Å². The zero-order valence-corrected chi connectivity index (χ0v) is 13.2. The van der Waals surface area contributed by atoms with Gasteiger partial charge in [-0.25, -0.2) is 4.79 Å². The van der Waals surface area contributed by atoms with Crippen molar-refractivity contribution in [2.45, 2.75) is 6.92 Å². The van der Waals surface area contributed by atoms with Crippen molar-refractivity contribution in [3.63, 3.8) is 0 Å². The molecule has 0 saturated heterocycles. The topological polar surface area (TPSA) is 55.4 Å². The van der Waals surface area contributed by atoms with E-state index in [1.54, 1.807) is 49.4 Å². The van der Waals surface area contributed by atoms with E-state index in [0.29, 0.717) is 27.4 Å². The van der Waals surface area contributed by atoms with Crippen LogP contribution in [0.1, 0.15) is 28.4 Å². The van der Waals surface area contributed by atoms with E-state index in [4.69, 9.17) is 16.3 Å². The molecule has 0 aromatic heterocycles. The molecule has 0 spiro atoms. The summed E-state index contributed by atoms with van der Waals surface area (Å²) in [6.07, 6.45) is 0. The standard InChI is InChI=1S/C18H14ClNO3/c1-2-23-18(22)15(13-9-5-6-10-14(13)19)16-11-7-3-4-8-12(11)17(21)20-16/h3-10H,2H2,1H3,(H,20,21)/b16-15+. The molecule has 1 heterocycles. The van der Waals surface area contributed by atoms with E-state index in [2.05, 4.69) is 5.32 Å². The van der Waals surface area contributed by atoms with Crippen LogP contribution in [0.2, 0.25) is 5.02 Å². The lowest BCUT2D eigenvalue weighted by molar-refractivity contribution is -0.136. The maximum absolute atomic E-state index is 12.5. The number of amides is 1. The van der Waals surface area contributed by atoms with Gasteiger partial charge in [0.15, 0.2) is 0 Å². The Balaban J connectivity index is 2.27. The average Bonchev–Trinajstić information content (AvgIpc) is 2.87. The first kappa shape index (κ1) is 15.3. The van der Waals surface area contributed by atoms with Gasteiger partial charge in [0.1, 0.15) is 0 Å². The lowest BCUT2D eigenvalue weighted by atomic mass is 9.99. The molecule has 0 radical (unpaired) electrons. The number of benzene rings is 2. The van der Waals surface area contributed by atoms with Crippen molar-refractivity contribution in [3.05, 3.63) is 70.2 Å². The SMILES string of the molecule is CCOC(=O)/C(=C1/NC(=O)c2ccccc21)c1ccccc1Cl. The maximum atomic E-state index is 12.5. The number of carbonyl (C=O) groups is 2. The van der Waals surface area contributed by atoms with Crippen molar-refractivity contribution >= 4 is 34.7 Å². The summed E-state index contributed by atoms with van der Waals surface area (Å²) in [7, 11) is 0. The Hall–Kier alpha value is -2.59. The van der Waals surface area contributed by atoms with Gasteiger partial charge in [0.05, 0.1) is 17.9 Å². The molecule has 116 valence electrons. The molecule has 0 bridgehead atoms. The van der Waals surface area contributed by atoms with E-state index in [1.807, 2.05) is 6.07 Å². The second-order valence-electron chi connectivity index (χ2n) is 4.95. The summed E-state index contributed by atoms with van der Waals surface area (Å²) in [5.41, 5.74) is 2.41. The fraction of sp³-hybridized carbons (Fsp3) is 0.111. The lowest BCUT2D eigenvalue weighted by Crippen LogP contribution is -2.17. The molecule has 1 amide bonds. The molecule has 3 rings (SSSR count). The van der Waals surface area contributed by atoms with Crippen LogP contribution in [0.25, 0.3) is 11.3 Å². The highest BCUT2D eigenvalue weighted by molar-refractivity contribution is 6.37. The van der Waals surface area contributed by atoms with E-state index in [9.17, 15) is 9.59 Å². The molecule has 0 fully saturated rings. The number of esters is 1. The second kappa shape index (κ2) is 6.26. The van der Waals surface area contributed by atoms with Gasteiger partial charge in [0, 0.05) is 21.7 Å². The van der Waals surface area contributed by atoms with E-state index in [0.717, 1.165) is 0 Å². The van der Waals surface area contributed by atoms with Crippen molar-refractivity contribution in [2.75, 3.05) is 6.61 Å². The highest BCUT2D eigenvalue weighted by Crippen LogP contribution is 2.34. The molecule has 1 aliphatic heterocycles. The number of carbonyl (C=O) groups excluding carboxylic acids is 2. The zero-order valence-electron chi connectivity index (χ0n) is 12.4. The minimum atomic E-state index is -0.521. The van der Waals surface area contributed by atoms with Crippen LogP contribution in [-0.4, -0.2) is 18.5 Å². The Morgan fingerprint density at radius 3 is 2.43 bits per heavy atom. The molecule has 2 aromatic carbocycles. The summed E-state index contributed by atoms with van der Waals surface area (Å²) >= 11 is 6.25.